The highest BCUT2D eigenvalue weighted by Crippen LogP contribution is 2.22. The van der Waals surface area contributed by atoms with E-state index in [1.54, 1.807) is 12.1 Å². The van der Waals surface area contributed by atoms with Crippen molar-refractivity contribution in [2.45, 2.75) is 51.6 Å². The molecular formula is C19H26N4O2. The highest BCUT2D eigenvalue weighted by Gasteiger charge is 2.30. The second kappa shape index (κ2) is 7.78. The first-order valence-corrected chi connectivity index (χ1v) is 9.18. The molecule has 1 amide bonds. The van der Waals surface area contributed by atoms with Gasteiger partial charge in [0.05, 0.1) is 5.39 Å². The summed E-state index contributed by atoms with van der Waals surface area (Å²) in [4.78, 5) is 27.6. The number of rotatable bonds is 6. The molecule has 1 fully saturated rings. The zero-order valence-electron chi connectivity index (χ0n) is 14.8. The van der Waals surface area contributed by atoms with E-state index in [9.17, 15) is 9.59 Å². The Balaban J connectivity index is 2.05. The SMILES string of the molecule is CCCCCn1nc(C(=O)N2CCCC2CN)c2ccccc2c1=O. The van der Waals surface area contributed by atoms with Crippen molar-refractivity contribution in [2.24, 2.45) is 5.73 Å². The number of nitrogens with zero attached hydrogens (tertiary/aromatic N) is 3. The third kappa shape index (κ3) is 3.44. The van der Waals surface area contributed by atoms with E-state index in [-0.39, 0.29) is 17.5 Å². The van der Waals surface area contributed by atoms with Crippen molar-refractivity contribution in [2.75, 3.05) is 13.1 Å². The zero-order valence-corrected chi connectivity index (χ0v) is 14.8. The third-order valence-corrected chi connectivity index (χ3v) is 4.95. The van der Waals surface area contributed by atoms with Crippen molar-refractivity contribution in [3.63, 3.8) is 0 Å². The minimum absolute atomic E-state index is 0.0635. The van der Waals surface area contributed by atoms with E-state index in [4.69, 9.17) is 5.73 Å². The van der Waals surface area contributed by atoms with Crippen LogP contribution in [0.15, 0.2) is 29.1 Å². The van der Waals surface area contributed by atoms with Gasteiger partial charge in [0.15, 0.2) is 5.69 Å². The highest BCUT2D eigenvalue weighted by atomic mass is 16.2. The quantitative estimate of drug-likeness (QED) is 0.816. The fourth-order valence-electron chi connectivity index (χ4n) is 3.54. The third-order valence-electron chi connectivity index (χ3n) is 4.95. The highest BCUT2D eigenvalue weighted by molar-refractivity contribution is 6.05. The predicted molar refractivity (Wildman–Crippen MR) is 98.6 cm³/mol. The molecule has 0 aliphatic carbocycles. The molecule has 1 saturated heterocycles. The number of nitrogens with two attached hydrogens (primary N) is 1. The van der Waals surface area contributed by atoms with Gasteiger partial charge in [-0.2, -0.15) is 5.10 Å². The Morgan fingerprint density at radius 2 is 2.04 bits per heavy atom. The van der Waals surface area contributed by atoms with Crippen LogP contribution in [-0.2, 0) is 6.54 Å². The number of aromatic nitrogens is 2. The molecule has 2 heterocycles. The van der Waals surface area contributed by atoms with E-state index in [2.05, 4.69) is 12.0 Å². The van der Waals surface area contributed by atoms with Gasteiger partial charge in [-0.25, -0.2) is 4.68 Å². The van der Waals surface area contributed by atoms with Gasteiger partial charge in [-0.15, -0.1) is 0 Å². The van der Waals surface area contributed by atoms with Gasteiger partial charge < -0.3 is 10.6 Å². The fourth-order valence-corrected chi connectivity index (χ4v) is 3.54. The molecule has 2 aromatic rings. The summed E-state index contributed by atoms with van der Waals surface area (Å²) in [6, 6.07) is 7.31. The predicted octanol–water partition coefficient (Wildman–Crippen LogP) is 2.15. The number of aryl methyl sites for hydroxylation is 1. The number of hydrogen-bond donors (Lipinski definition) is 1. The van der Waals surface area contributed by atoms with Crippen molar-refractivity contribution in [3.05, 3.63) is 40.3 Å². The lowest BCUT2D eigenvalue weighted by Crippen LogP contribution is -2.41. The molecule has 1 unspecified atom stereocenters. The maximum Gasteiger partial charge on any atom is 0.275 e. The lowest BCUT2D eigenvalue weighted by molar-refractivity contribution is 0.0734. The number of unbranched alkanes of at least 4 members (excludes halogenated alkanes) is 2. The largest absolute Gasteiger partial charge is 0.333 e. The molecule has 0 bridgehead atoms. The van der Waals surface area contributed by atoms with Crippen molar-refractivity contribution in [1.82, 2.24) is 14.7 Å². The summed E-state index contributed by atoms with van der Waals surface area (Å²) in [6.45, 7) is 3.81. The van der Waals surface area contributed by atoms with E-state index in [0.717, 1.165) is 32.1 Å². The van der Waals surface area contributed by atoms with Gasteiger partial charge in [0.2, 0.25) is 0 Å². The molecule has 1 aliphatic rings. The standard InChI is InChI=1S/C19H26N4O2/c1-2-3-6-12-23-18(24)16-10-5-4-9-15(16)17(21-23)19(25)22-11-7-8-14(22)13-20/h4-5,9-10,14H,2-3,6-8,11-13,20H2,1H3. The van der Waals surface area contributed by atoms with Crippen LogP contribution in [0.1, 0.15) is 49.5 Å². The number of likely N-dealkylation sites (tertiary alicyclic amines) is 1. The molecule has 1 aliphatic heterocycles. The van der Waals surface area contributed by atoms with Crippen molar-refractivity contribution < 1.29 is 4.79 Å². The Kier molecular flexibility index (Phi) is 5.48. The van der Waals surface area contributed by atoms with Crippen molar-refractivity contribution in [1.29, 1.82) is 0 Å². The maximum atomic E-state index is 13.1. The fraction of sp³-hybridized carbons (Fsp3) is 0.526. The second-order valence-corrected chi connectivity index (χ2v) is 6.66. The van der Waals surface area contributed by atoms with Gasteiger partial charge in [-0.1, -0.05) is 38.0 Å². The van der Waals surface area contributed by atoms with Gasteiger partial charge in [-0.05, 0) is 25.3 Å². The van der Waals surface area contributed by atoms with E-state index in [1.807, 2.05) is 17.0 Å². The number of carbonyl (C=O) groups excluding carboxylic acids is 1. The van der Waals surface area contributed by atoms with Crippen molar-refractivity contribution >= 4 is 16.7 Å². The monoisotopic (exact) mass is 342 g/mol. The van der Waals surface area contributed by atoms with Crippen LogP contribution in [0.2, 0.25) is 0 Å². The average Bonchev–Trinajstić information content (AvgIpc) is 3.12. The number of carbonyl (C=O) groups is 1. The van der Waals surface area contributed by atoms with Crippen LogP contribution in [0, 0.1) is 0 Å². The Morgan fingerprint density at radius 3 is 2.76 bits per heavy atom. The summed E-state index contributed by atoms with van der Waals surface area (Å²) in [5, 5.41) is 5.65. The lowest BCUT2D eigenvalue weighted by Gasteiger charge is -2.23. The molecule has 2 N–H and O–H groups in total. The first-order chi connectivity index (χ1) is 12.2. The molecule has 134 valence electrons. The summed E-state index contributed by atoms with van der Waals surface area (Å²) in [6.07, 6.45) is 4.87. The molecule has 25 heavy (non-hydrogen) atoms. The average molecular weight is 342 g/mol. The van der Waals surface area contributed by atoms with Crippen molar-refractivity contribution in [3.8, 4) is 0 Å². The Hall–Kier alpha value is -2.21. The van der Waals surface area contributed by atoms with Crippen LogP contribution in [0.5, 0.6) is 0 Å². The molecule has 0 spiro atoms. The molecule has 1 aromatic heterocycles. The zero-order chi connectivity index (χ0) is 17.8. The minimum Gasteiger partial charge on any atom is -0.333 e. The molecule has 0 radical (unpaired) electrons. The summed E-state index contributed by atoms with van der Waals surface area (Å²) in [5.74, 6) is -0.117. The normalized spacial score (nSPS) is 17.4. The molecular weight excluding hydrogens is 316 g/mol. The van der Waals surface area contributed by atoms with E-state index in [0.29, 0.717) is 36.1 Å². The molecule has 0 saturated carbocycles. The lowest BCUT2D eigenvalue weighted by atomic mass is 10.1. The molecule has 6 heteroatoms. The summed E-state index contributed by atoms with van der Waals surface area (Å²) < 4.78 is 1.46. The Bertz CT molecular complexity index is 815. The Labute approximate surface area is 147 Å². The molecule has 6 nitrogen and oxygen atoms in total. The van der Waals surface area contributed by atoms with Gasteiger partial charge in [0.25, 0.3) is 11.5 Å². The Morgan fingerprint density at radius 1 is 1.28 bits per heavy atom. The maximum absolute atomic E-state index is 13.1. The number of fused-ring (bicyclic) bond motifs is 1. The van der Waals surface area contributed by atoms with Crippen LogP contribution in [0.4, 0.5) is 0 Å². The topological polar surface area (TPSA) is 81.2 Å². The van der Waals surface area contributed by atoms with Crippen LogP contribution in [0.25, 0.3) is 10.8 Å². The number of hydrogen-bond acceptors (Lipinski definition) is 4. The van der Waals surface area contributed by atoms with Gasteiger partial charge in [-0.3, -0.25) is 9.59 Å². The van der Waals surface area contributed by atoms with E-state index in [1.165, 1.54) is 4.68 Å². The second-order valence-electron chi connectivity index (χ2n) is 6.66. The van der Waals surface area contributed by atoms with Gasteiger partial charge in [0.1, 0.15) is 0 Å². The van der Waals surface area contributed by atoms with E-state index < -0.39 is 0 Å². The van der Waals surface area contributed by atoms with Gasteiger partial charge in [0, 0.05) is 31.1 Å². The van der Waals surface area contributed by atoms with Crippen LogP contribution in [0.3, 0.4) is 0 Å². The summed E-state index contributed by atoms with van der Waals surface area (Å²) in [7, 11) is 0. The first-order valence-electron chi connectivity index (χ1n) is 9.18. The smallest absolute Gasteiger partial charge is 0.275 e. The van der Waals surface area contributed by atoms with Gasteiger partial charge >= 0.3 is 0 Å². The van der Waals surface area contributed by atoms with Crippen LogP contribution in [-0.4, -0.2) is 39.7 Å². The number of amides is 1. The first kappa shape index (κ1) is 17.6. The van der Waals surface area contributed by atoms with Crippen LogP contribution >= 0.6 is 0 Å². The summed E-state index contributed by atoms with van der Waals surface area (Å²) >= 11 is 0. The summed E-state index contributed by atoms with van der Waals surface area (Å²) in [5.41, 5.74) is 6.06. The van der Waals surface area contributed by atoms with E-state index >= 15 is 0 Å². The number of benzene rings is 1. The molecule has 3 rings (SSSR count). The van der Waals surface area contributed by atoms with Crippen LogP contribution < -0.4 is 11.3 Å². The molecule has 1 atom stereocenters. The molecule has 1 aromatic carbocycles. The minimum atomic E-state index is -0.125.